The Balaban J connectivity index is 1.84. The van der Waals surface area contributed by atoms with Gasteiger partial charge in [0.05, 0.1) is 18.5 Å². The molecular weight excluding hydrogens is 402 g/mol. The van der Waals surface area contributed by atoms with Crippen LogP contribution in [0.2, 0.25) is 5.02 Å². The molecule has 30 heavy (non-hydrogen) atoms. The van der Waals surface area contributed by atoms with Gasteiger partial charge in [-0.05, 0) is 62.2 Å². The van der Waals surface area contributed by atoms with Crippen molar-refractivity contribution in [2.24, 2.45) is 5.92 Å². The van der Waals surface area contributed by atoms with Crippen molar-refractivity contribution in [3.63, 3.8) is 0 Å². The monoisotopic (exact) mass is 425 g/mol. The molecule has 0 aliphatic heterocycles. The van der Waals surface area contributed by atoms with Crippen LogP contribution in [-0.2, 0) is 20.7 Å². The minimum absolute atomic E-state index is 0.203. The SMILES string of the molecule is CCOC(=O)C(Cc1cnn(-c2ccc(Cl)cc2)c1)C(=O)N(CC)c1ccccc1. The second-order valence-electron chi connectivity index (χ2n) is 6.70. The predicted molar refractivity (Wildman–Crippen MR) is 117 cm³/mol. The van der Waals surface area contributed by atoms with Gasteiger partial charge in [-0.15, -0.1) is 0 Å². The molecule has 1 amide bonds. The van der Waals surface area contributed by atoms with Gasteiger partial charge in [-0.1, -0.05) is 29.8 Å². The first kappa shape index (κ1) is 21.6. The Kier molecular flexibility index (Phi) is 7.25. The number of carbonyl (C=O) groups is 2. The summed E-state index contributed by atoms with van der Waals surface area (Å²) in [7, 11) is 0. The average molecular weight is 426 g/mol. The number of anilines is 1. The molecule has 0 fully saturated rings. The van der Waals surface area contributed by atoms with Gasteiger partial charge in [0.25, 0.3) is 0 Å². The van der Waals surface area contributed by atoms with E-state index < -0.39 is 11.9 Å². The lowest BCUT2D eigenvalue weighted by atomic mass is 9.99. The van der Waals surface area contributed by atoms with Gasteiger partial charge in [0.2, 0.25) is 5.91 Å². The maximum absolute atomic E-state index is 13.3. The molecule has 0 spiro atoms. The van der Waals surface area contributed by atoms with Crippen molar-refractivity contribution in [2.45, 2.75) is 20.3 Å². The van der Waals surface area contributed by atoms with Gasteiger partial charge in [-0.2, -0.15) is 5.10 Å². The first-order valence-electron chi connectivity index (χ1n) is 9.86. The number of esters is 1. The molecule has 0 N–H and O–H groups in total. The summed E-state index contributed by atoms with van der Waals surface area (Å²) in [6, 6.07) is 16.6. The molecule has 7 heteroatoms. The molecule has 1 aromatic heterocycles. The van der Waals surface area contributed by atoms with Crippen LogP contribution in [0.25, 0.3) is 5.69 Å². The molecule has 3 rings (SSSR count). The summed E-state index contributed by atoms with van der Waals surface area (Å²) in [6.45, 7) is 4.27. The van der Waals surface area contributed by atoms with Crippen LogP contribution in [0.15, 0.2) is 67.0 Å². The van der Waals surface area contributed by atoms with E-state index in [1.165, 1.54) is 0 Å². The van der Waals surface area contributed by atoms with E-state index in [0.29, 0.717) is 11.6 Å². The van der Waals surface area contributed by atoms with Crippen molar-refractivity contribution >= 4 is 29.2 Å². The van der Waals surface area contributed by atoms with Crippen molar-refractivity contribution < 1.29 is 14.3 Å². The van der Waals surface area contributed by atoms with E-state index in [1.54, 1.807) is 34.8 Å². The molecule has 1 heterocycles. The molecule has 0 aliphatic rings. The number of amides is 1. The van der Waals surface area contributed by atoms with E-state index in [-0.39, 0.29) is 18.9 Å². The number of ether oxygens (including phenoxy) is 1. The highest BCUT2D eigenvalue weighted by atomic mass is 35.5. The summed E-state index contributed by atoms with van der Waals surface area (Å²) in [6.07, 6.45) is 3.67. The highest BCUT2D eigenvalue weighted by Gasteiger charge is 2.32. The molecule has 156 valence electrons. The lowest BCUT2D eigenvalue weighted by Gasteiger charge is -2.25. The van der Waals surface area contributed by atoms with E-state index >= 15 is 0 Å². The van der Waals surface area contributed by atoms with Crippen molar-refractivity contribution in [1.29, 1.82) is 0 Å². The van der Waals surface area contributed by atoms with Crippen LogP contribution < -0.4 is 4.90 Å². The standard InChI is InChI=1S/C23H24ClN3O3/c1-3-26(19-8-6-5-7-9-19)22(28)21(23(29)30-4-2)14-17-15-25-27(16-17)20-12-10-18(24)11-13-20/h5-13,15-16,21H,3-4,14H2,1-2H3. The molecule has 3 aromatic rings. The third-order valence-corrected chi connectivity index (χ3v) is 4.94. The van der Waals surface area contributed by atoms with Crippen molar-refractivity contribution in [1.82, 2.24) is 9.78 Å². The van der Waals surface area contributed by atoms with E-state index in [1.807, 2.05) is 55.6 Å². The zero-order valence-electron chi connectivity index (χ0n) is 17.0. The Hall–Kier alpha value is -3.12. The predicted octanol–water partition coefficient (Wildman–Crippen LogP) is 4.30. The second kappa shape index (κ2) is 10.1. The second-order valence-corrected chi connectivity index (χ2v) is 7.13. The van der Waals surface area contributed by atoms with Crippen LogP contribution in [0.4, 0.5) is 5.69 Å². The maximum atomic E-state index is 13.3. The summed E-state index contributed by atoms with van der Waals surface area (Å²) >= 11 is 5.94. The van der Waals surface area contributed by atoms with Gasteiger partial charge in [0, 0.05) is 23.5 Å². The molecule has 2 aromatic carbocycles. The van der Waals surface area contributed by atoms with Crippen LogP contribution >= 0.6 is 11.6 Å². The van der Waals surface area contributed by atoms with E-state index in [0.717, 1.165) is 16.9 Å². The molecule has 1 unspecified atom stereocenters. The Morgan fingerprint density at radius 1 is 1.10 bits per heavy atom. The fraction of sp³-hybridized carbons (Fsp3) is 0.261. The first-order valence-corrected chi connectivity index (χ1v) is 10.2. The smallest absolute Gasteiger partial charge is 0.318 e. The normalized spacial score (nSPS) is 11.7. The van der Waals surface area contributed by atoms with E-state index in [4.69, 9.17) is 16.3 Å². The highest BCUT2D eigenvalue weighted by molar-refractivity contribution is 6.30. The number of nitrogens with zero attached hydrogens (tertiary/aromatic N) is 3. The average Bonchev–Trinajstić information content (AvgIpc) is 3.22. The third kappa shape index (κ3) is 5.07. The molecule has 0 saturated heterocycles. The number of hydrogen-bond acceptors (Lipinski definition) is 4. The molecule has 0 radical (unpaired) electrons. The minimum Gasteiger partial charge on any atom is -0.465 e. The Morgan fingerprint density at radius 2 is 1.80 bits per heavy atom. The minimum atomic E-state index is -0.951. The largest absolute Gasteiger partial charge is 0.465 e. The first-order chi connectivity index (χ1) is 14.5. The van der Waals surface area contributed by atoms with E-state index in [2.05, 4.69) is 5.10 Å². The zero-order valence-corrected chi connectivity index (χ0v) is 17.7. The summed E-state index contributed by atoms with van der Waals surface area (Å²) in [4.78, 5) is 27.5. The van der Waals surface area contributed by atoms with Gasteiger partial charge in [-0.25, -0.2) is 4.68 Å². The van der Waals surface area contributed by atoms with Crippen molar-refractivity contribution in [2.75, 3.05) is 18.1 Å². The maximum Gasteiger partial charge on any atom is 0.318 e. The van der Waals surface area contributed by atoms with Crippen LogP contribution in [0.3, 0.4) is 0 Å². The van der Waals surface area contributed by atoms with Gasteiger partial charge in [0.1, 0.15) is 5.92 Å². The quantitative estimate of drug-likeness (QED) is 0.398. The molecule has 1 atom stereocenters. The molecule has 0 saturated carbocycles. The van der Waals surface area contributed by atoms with Crippen molar-refractivity contribution in [3.8, 4) is 5.69 Å². The van der Waals surface area contributed by atoms with Crippen LogP contribution in [-0.4, -0.2) is 34.8 Å². The summed E-state index contributed by atoms with van der Waals surface area (Å²) in [5.74, 6) is -1.77. The van der Waals surface area contributed by atoms with Crippen LogP contribution in [0.5, 0.6) is 0 Å². The summed E-state index contributed by atoms with van der Waals surface area (Å²) in [5, 5.41) is 4.99. The Bertz CT molecular complexity index is 986. The molecule has 0 aliphatic carbocycles. The van der Waals surface area contributed by atoms with Gasteiger partial charge < -0.3 is 9.64 Å². The lowest BCUT2D eigenvalue weighted by molar-refractivity contribution is -0.151. The lowest BCUT2D eigenvalue weighted by Crippen LogP contribution is -2.41. The number of carbonyl (C=O) groups excluding carboxylic acids is 2. The number of halogens is 1. The van der Waals surface area contributed by atoms with E-state index in [9.17, 15) is 9.59 Å². The number of hydrogen-bond donors (Lipinski definition) is 0. The Labute approximate surface area is 181 Å². The topological polar surface area (TPSA) is 64.4 Å². The fourth-order valence-corrected chi connectivity index (χ4v) is 3.34. The number of aromatic nitrogens is 2. The molecular formula is C23H24ClN3O3. The fourth-order valence-electron chi connectivity index (χ4n) is 3.21. The van der Waals surface area contributed by atoms with Crippen LogP contribution in [0, 0.1) is 5.92 Å². The molecule has 0 bridgehead atoms. The van der Waals surface area contributed by atoms with Gasteiger partial charge >= 0.3 is 5.97 Å². The number of benzene rings is 2. The van der Waals surface area contributed by atoms with Crippen molar-refractivity contribution in [3.05, 3.63) is 77.6 Å². The molecule has 6 nitrogen and oxygen atoms in total. The number of rotatable bonds is 8. The van der Waals surface area contributed by atoms with Crippen LogP contribution in [0.1, 0.15) is 19.4 Å². The zero-order chi connectivity index (χ0) is 21.5. The summed E-state index contributed by atoms with van der Waals surface area (Å²) in [5.41, 5.74) is 2.35. The third-order valence-electron chi connectivity index (χ3n) is 4.69. The highest BCUT2D eigenvalue weighted by Crippen LogP contribution is 2.21. The van der Waals surface area contributed by atoms with Gasteiger partial charge in [-0.3, -0.25) is 9.59 Å². The van der Waals surface area contributed by atoms with Gasteiger partial charge in [0.15, 0.2) is 0 Å². The number of para-hydroxylation sites is 1. The Morgan fingerprint density at radius 3 is 2.43 bits per heavy atom. The summed E-state index contributed by atoms with van der Waals surface area (Å²) < 4.78 is 6.89.